The van der Waals surface area contributed by atoms with Crippen molar-refractivity contribution in [2.75, 3.05) is 6.61 Å². The summed E-state index contributed by atoms with van der Waals surface area (Å²) in [5.41, 5.74) is 4.20. The number of benzene rings is 5. The highest BCUT2D eigenvalue weighted by Crippen LogP contribution is 2.22. The SMILES string of the molecule is O[C@H](COCc1ccccc1)[C@@H](OCc1ccccc1)[C@@H](/C=C/c1cccc2ccccc12)OCc1ccccc1. The van der Waals surface area contributed by atoms with E-state index in [4.69, 9.17) is 14.2 Å². The van der Waals surface area contributed by atoms with Gasteiger partial charge < -0.3 is 19.3 Å². The zero-order chi connectivity index (χ0) is 28.1. The zero-order valence-electron chi connectivity index (χ0n) is 23.1. The summed E-state index contributed by atoms with van der Waals surface area (Å²) in [5.74, 6) is 0. The highest BCUT2D eigenvalue weighted by atomic mass is 16.6. The van der Waals surface area contributed by atoms with E-state index >= 15 is 0 Å². The molecule has 0 saturated heterocycles. The Kier molecular flexibility index (Phi) is 10.5. The lowest BCUT2D eigenvalue weighted by Crippen LogP contribution is -2.42. The molecule has 0 radical (unpaired) electrons. The molecule has 0 amide bonds. The highest BCUT2D eigenvalue weighted by molar-refractivity contribution is 5.90. The van der Waals surface area contributed by atoms with Gasteiger partial charge >= 0.3 is 0 Å². The molecule has 1 N–H and O–H groups in total. The average molecular weight is 545 g/mol. The molecule has 0 spiro atoms. The Hall–Kier alpha value is -4.06. The van der Waals surface area contributed by atoms with Gasteiger partial charge in [-0.3, -0.25) is 0 Å². The first kappa shape index (κ1) is 28.5. The van der Waals surface area contributed by atoms with Crippen LogP contribution in [-0.4, -0.2) is 30.0 Å². The van der Waals surface area contributed by atoms with Gasteiger partial charge in [0.2, 0.25) is 0 Å². The molecule has 5 aromatic carbocycles. The summed E-state index contributed by atoms with van der Waals surface area (Å²) in [6.07, 6.45) is 1.95. The molecule has 4 nitrogen and oxygen atoms in total. The molecule has 5 rings (SSSR count). The molecule has 0 saturated carbocycles. The Morgan fingerprint density at radius 2 is 1.10 bits per heavy atom. The van der Waals surface area contributed by atoms with Gasteiger partial charge in [-0.2, -0.15) is 0 Å². The van der Waals surface area contributed by atoms with E-state index in [2.05, 4.69) is 36.4 Å². The van der Waals surface area contributed by atoms with Crippen molar-refractivity contribution in [2.45, 2.75) is 38.1 Å². The highest BCUT2D eigenvalue weighted by Gasteiger charge is 2.29. The van der Waals surface area contributed by atoms with Crippen LogP contribution in [0.2, 0.25) is 0 Å². The summed E-state index contributed by atoms with van der Waals surface area (Å²) >= 11 is 0. The summed E-state index contributed by atoms with van der Waals surface area (Å²) in [4.78, 5) is 0. The summed E-state index contributed by atoms with van der Waals surface area (Å²) < 4.78 is 18.8. The van der Waals surface area contributed by atoms with E-state index in [0.717, 1.165) is 27.6 Å². The number of aliphatic hydroxyl groups is 1. The molecule has 0 fully saturated rings. The Bertz CT molecular complexity index is 1480. The molecule has 3 atom stereocenters. The minimum absolute atomic E-state index is 0.113. The average Bonchev–Trinajstić information content (AvgIpc) is 3.03. The van der Waals surface area contributed by atoms with Gasteiger partial charge in [-0.15, -0.1) is 0 Å². The largest absolute Gasteiger partial charge is 0.388 e. The number of hydrogen-bond acceptors (Lipinski definition) is 4. The standard InChI is InChI=1S/C37H36O4/c38-35(28-39-25-29-13-4-1-5-14-29)37(41-27-31-17-8-3-9-18-31)36(40-26-30-15-6-2-7-16-30)24-23-33-21-12-20-32-19-10-11-22-34(32)33/h1-24,35-38H,25-28H2/b24-23+/t35-,36-,37-/m1/s1. The molecule has 5 aromatic rings. The van der Waals surface area contributed by atoms with Crippen LogP contribution in [0.1, 0.15) is 22.3 Å². The van der Waals surface area contributed by atoms with Crippen LogP contribution in [0.4, 0.5) is 0 Å². The molecule has 41 heavy (non-hydrogen) atoms. The minimum Gasteiger partial charge on any atom is -0.388 e. The van der Waals surface area contributed by atoms with Gasteiger partial charge in [0, 0.05) is 0 Å². The maximum Gasteiger partial charge on any atom is 0.116 e. The third kappa shape index (κ3) is 8.46. The Morgan fingerprint density at radius 3 is 1.76 bits per heavy atom. The molecular weight excluding hydrogens is 508 g/mol. The Morgan fingerprint density at radius 1 is 0.561 bits per heavy atom. The molecule has 0 aliphatic carbocycles. The molecule has 0 aliphatic rings. The van der Waals surface area contributed by atoms with Gasteiger partial charge in [0.1, 0.15) is 18.3 Å². The molecule has 4 heteroatoms. The second-order valence-electron chi connectivity index (χ2n) is 10.0. The minimum atomic E-state index is -0.916. The summed E-state index contributed by atoms with van der Waals surface area (Å²) in [6.45, 7) is 1.25. The van der Waals surface area contributed by atoms with E-state index in [-0.39, 0.29) is 6.61 Å². The van der Waals surface area contributed by atoms with Crippen LogP contribution in [0.25, 0.3) is 16.8 Å². The number of ether oxygens (including phenoxy) is 3. The number of hydrogen-bond donors (Lipinski definition) is 1. The summed E-state index contributed by atoms with van der Waals surface area (Å²) in [6, 6.07) is 44.5. The van der Waals surface area contributed by atoms with Crippen molar-refractivity contribution in [1.82, 2.24) is 0 Å². The first-order chi connectivity index (χ1) is 20.3. The van der Waals surface area contributed by atoms with E-state index in [1.165, 1.54) is 5.39 Å². The summed E-state index contributed by atoms with van der Waals surface area (Å²) in [5, 5.41) is 13.8. The first-order valence-corrected chi connectivity index (χ1v) is 14.0. The van der Waals surface area contributed by atoms with E-state index < -0.39 is 18.3 Å². The molecule has 0 aromatic heterocycles. The molecule has 0 unspecified atom stereocenters. The van der Waals surface area contributed by atoms with Crippen molar-refractivity contribution in [2.24, 2.45) is 0 Å². The molecule has 0 heterocycles. The maximum absolute atomic E-state index is 11.4. The fourth-order valence-electron chi connectivity index (χ4n) is 4.78. The van der Waals surface area contributed by atoms with Crippen molar-refractivity contribution in [3.63, 3.8) is 0 Å². The summed E-state index contributed by atoms with van der Waals surface area (Å²) in [7, 11) is 0. The van der Waals surface area contributed by atoms with Crippen molar-refractivity contribution < 1.29 is 19.3 Å². The van der Waals surface area contributed by atoms with E-state index in [1.54, 1.807) is 0 Å². The fraction of sp³-hybridized carbons (Fsp3) is 0.189. The van der Waals surface area contributed by atoms with Crippen molar-refractivity contribution >= 4 is 16.8 Å². The predicted molar refractivity (Wildman–Crippen MR) is 165 cm³/mol. The molecule has 208 valence electrons. The van der Waals surface area contributed by atoms with Gasteiger partial charge in [0.05, 0.1) is 26.4 Å². The lowest BCUT2D eigenvalue weighted by atomic mass is 10.0. The third-order valence-electron chi connectivity index (χ3n) is 6.96. The normalized spacial score (nSPS) is 13.8. The lowest BCUT2D eigenvalue weighted by Gasteiger charge is -2.29. The lowest BCUT2D eigenvalue weighted by molar-refractivity contribution is -0.133. The van der Waals surface area contributed by atoms with Crippen molar-refractivity contribution in [3.05, 3.63) is 162 Å². The molecule has 0 aliphatic heterocycles. The smallest absolute Gasteiger partial charge is 0.116 e. The molecular formula is C37H36O4. The van der Waals surface area contributed by atoms with Crippen LogP contribution in [0.15, 0.2) is 140 Å². The number of rotatable bonds is 14. The number of aliphatic hydroxyl groups excluding tert-OH is 1. The first-order valence-electron chi connectivity index (χ1n) is 14.0. The van der Waals surface area contributed by atoms with E-state index in [9.17, 15) is 5.11 Å². The maximum atomic E-state index is 11.4. The van der Waals surface area contributed by atoms with Crippen LogP contribution in [0, 0.1) is 0 Å². The van der Waals surface area contributed by atoms with Gasteiger partial charge in [-0.05, 0) is 33.0 Å². The third-order valence-corrected chi connectivity index (χ3v) is 6.96. The monoisotopic (exact) mass is 544 g/mol. The van der Waals surface area contributed by atoms with E-state index in [0.29, 0.717) is 19.8 Å². The van der Waals surface area contributed by atoms with Gasteiger partial charge in [0.25, 0.3) is 0 Å². The zero-order valence-corrected chi connectivity index (χ0v) is 23.1. The quantitative estimate of drug-likeness (QED) is 0.156. The van der Waals surface area contributed by atoms with Crippen LogP contribution in [0.3, 0.4) is 0 Å². The Labute approximate surface area is 242 Å². The second kappa shape index (κ2) is 15.1. The van der Waals surface area contributed by atoms with E-state index in [1.807, 2.05) is 109 Å². The Balaban J connectivity index is 1.39. The number of fused-ring (bicyclic) bond motifs is 1. The van der Waals surface area contributed by atoms with Crippen LogP contribution >= 0.6 is 0 Å². The van der Waals surface area contributed by atoms with Gasteiger partial charge in [-0.1, -0.05) is 146 Å². The van der Waals surface area contributed by atoms with Crippen LogP contribution < -0.4 is 0 Å². The second-order valence-corrected chi connectivity index (χ2v) is 10.0. The van der Waals surface area contributed by atoms with Gasteiger partial charge in [-0.25, -0.2) is 0 Å². The van der Waals surface area contributed by atoms with Crippen molar-refractivity contribution in [1.29, 1.82) is 0 Å². The predicted octanol–water partition coefficient (Wildman–Crippen LogP) is 7.60. The molecule has 0 bridgehead atoms. The fourth-order valence-corrected chi connectivity index (χ4v) is 4.78. The van der Waals surface area contributed by atoms with Crippen LogP contribution in [-0.2, 0) is 34.0 Å². The topological polar surface area (TPSA) is 47.9 Å². The van der Waals surface area contributed by atoms with Gasteiger partial charge in [0.15, 0.2) is 0 Å². The van der Waals surface area contributed by atoms with Crippen molar-refractivity contribution in [3.8, 4) is 0 Å². The van der Waals surface area contributed by atoms with Crippen LogP contribution in [0.5, 0.6) is 0 Å².